The second-order valence-corrected chi connectivity index (χ2v) is 6.00. The summed E-state index contributed by atoms with van der Waals surface area (Å²) in [5.74, 6) is -0.0430. The summed E-state index contributed by atoms with van der Waals surface area (Å²) in [6.07, 6.45) is 1.57. The number of aromatic nitrogens is 3. The van der Waals surface area contributed by atoms with Gasteiger partial charge in [0.1, 0.15) is 5.69 Å². The highest BCUT2D eigenvalue weighted by Crippen LogP contribution is 2.32. The van der Waals surface area contributed by atoms with Crippen LogP contribution in [0.15, 0.2) is 51.2 Å². The molecule has 0 unspecified atom stereocenters. The molecule has 0 radical (unpaired) electrons. The predicted molar refractivity (Wildman–Crippen MR) is 78.3 cm³/mol. The van der Waals surface area contributed by atoms with E-state index < -0.39 is 0 Å². The number of nitrogens with two attached hydrogens (primary N) is 1. The molecule has 0 spiro atoms. The topological polar surface area (TPSA) is 97.3 Å². The summed E-state index contributed by atoms with van der Waals surface area (Å²) >= 11 is 2.92. The van der Waals surface area contributed by atoms with Crippen molar-refractivity contribution in [3.8, 4) is 0 Å². The van der Waals surface area contributed by atoms with Crippen LogP contribution in [0.5, 0.6) is 0 Å². The number of hydrogen-bond acceptors (Lipinski definition) is 7. The van der Waals surface area contributed by atoms with Crippen LogP contribution in [0.2, 0.25) is 0 Å². The number of amidine groups is 1. The lowest BCUT2D eigenvalue weighted by atomic mass is 10.3. The summed E-state index contributed by atoms with van der Waals surface area (Å²) in [4.78, 5) is 12.9. The standard InChI is InChI=1S/C12H9N5OS2/c13-10(17-18)8-5-6-14-11(15-8)20-12-16-7-3-1-2-4-9(7)19-12/h1-6,18H,(H2,13,17). The van der Waals surface area contributed by atoms with Crippen molar-refractivity contribution in [1.29, 1.82) is 0 Å². The first-order chi connectivity index (χ1) is 9.76. The Morgan fingerprint density at radius 2 is 2.10 bits per heavy atom. The number of thiazole rings is 1. The lowest BCUT2D eigenvalue weighted by molar-refractivity contribution is 0.318. The minimum atomic E-state index is -0.0430. The molecule has 3 aromatic rings. The molecular weight excluding hydrogens is 294 g/mol. The summed E-state index contributed by atoms with van der Waals surface area (Å²) in [6.45, 7) is 0. The number of rotatable bonds is 3. The molecule has 6 nitrogen and oxygen atoms in total. The molecular formula is C12H9N5OS2. The van der Waals surface area contributed by atoms with Crippen molar-refractivity contribution >= 4 is 39.2 Å². The summed E-state index contributed by atoms with van der Waals surface area (Å²) in [6, 6.07) is 9.49. The quantitative estimate of drug-likeness (QED) is 0.253. The second kappa shape index (κ2) is 5.43. The van der Waals surface area contributed by atoms with Crippen molar-refractivity contribution in [1.82, 2.24) is 15.0 Å². The highest BCUT2D eigenvalue weighted by atomic mass is 32.2. The highest BCUT2D eigenvalue weighted by molar-refractivity contribution is 8.01. The molecule has 0 aliphatic heterocycles. The third kappa shape index (κ3) is 2.56. The Morgan fingerprint density at radius 1 is 1.25 bits per heavy atom. The molecule has 20 heavy (non-hydrogen) atoms. The Morgan fingerprint density at radius 3 is 2.90 bits per heavy atom. The second-order valence-electron chi connectivity index (χ2n) is 3.76. The zero-order valence-corrected chi connectivity index (χ0v) is 11.7. The van der Waals surface area contributed by atoms with E-state index in [1.54, 1.807) is 23.6 Å². The monoisotopic (exact) mass is 303 g/mol. The van der Waals surface area contributed by atoms with Gasteiger partial charge in [-0.15, -0.1) is 11.3 Å². The molecule has 2 heterocycles. The Labute approximate surface area is 122 Å². The fourth-order valence-corrected chi connectivity index (χ4v) is 3.47. The fraction of sp³-hybridized carbons (Fsp3) is 0. The Balaban J connectivity index is 1.90. The van der Waals surface area contributed by atoms with E-state index in [0.717, 1.165) is 14.6 Å². The van der Waals surface area contributed by atoms with Crippen LogP contribution in [0.25, 0.3) is 10.2 Å². The van der Waals surface area contributed by atoms with Gasteiger partial charge in [-0.05, 0) is 30.0 Å². The van der Waals surface area contributed by atoms with Gasteiger partial charge in [-0.1, -0.05) is 17.3 Å². The average molecular weight is 303 g/mol. The van der Waals surface area contributed by atoms with Crippen molar-refractivity contribution in [2.24, 2.45) is 10.9 Å². The third-order valence-electron chi connectivity index (χ3n) is 2.46. The van der Waals surface area contributed by atoms with E-state index in [1.165, 1.54) is 11.8 Å². The van der Waals surface area contributed by atoms with Gasteiger partial charge in [-0.3, -0.25) is 0 Å². The molecule has 3 rings (SSSR count). The average Bonchev–Trinajstić information content (AvgIpc) is 2.88. The van der Waals surface area contributed by atoms with Gasteiger partial charge in [0, 0.05) is 6.20 Å². The third-order valence-corrected chi connectivity index (χ3v) is 4.43. The molecule has 0 saturated carbocycles. The number of hydrogen-bond donors (Lipinski definition) is 2. The molecule has 3 N–H and O–H groups in total. The van der Waals surface area contributed by atoms with Gasteiger partial charge in [0.2, 0.25) is 0 Å². The molecule has 0 amide bonds. The van der Waals surface area contributed by atoms with Gasteiger partial charge in [0.15, 0.2) is 15.3 Å². The molecule has 0 atom stereocenters. The van der Waals surface area contributed by atoms with Crippen molar-refractivity contribution < 1.29 is 5.21 Å². The van der Waals surface area contributed by atoms with Gasteiger partial charge in [0.25, 0.3) is 0 Å². The van der Waals surface area contributed by atoms with E-state index in [9.17, 15) is 0 Å². The van der Waals surface area contributed by atoms with Crippen molar-refractivity contribution in [3.63, 3.8) is 0 Å². The number of para-hydroxylation sites is 1. The molecule has 0 aliphatic carbocycles. The zero-order valence-electron chi connectivity index (χ0n) is 10.1. The van der Waals surface area contributed by atoms with E-state index in [-0.39, 0.29) is 5.84 Å². The molecule has 100 valence electrons. The van der Waals surface area contributed by atoms with Crippen LogP contribution >= 0.6 is 23.1 Å². The predicted octanol–water partition coefficient (Wildman–Crippen LogP) is 2.33. The zero-order chi connectivity index (χ0) is 13.9. The van der Waals surface area contributed by atoms with E-state index in [0.29, 0.717) is 10.9 Å². The number of oxime groups is 1. The molecule has 0 saturated heterocycles. The lowest BCUT2D eigenvalue weighted by Gasteiger charge is -1.99. The molecule has 8 heteroatoms. The Kier molecular flexibility index (Phi) is 3.48. The number of benzene rings is 1. The highest BCUT2D eigenvalue weighted by Gasteiger charge is 2.09. The van der Waals surface area contributed by atoms with Gasteiger partial charge in [-0.2, -0.15) is 0 Å². The molecule has 0 bridgehead atoms. The van der Waals surface area contributed by atoms with Crippen molar-refractivity contribution in [3.05, 3.63) is 42.2 Å². The maximum atomic E-state index is 8.65. The van der Waals surface area contributed by atoms with Crippen LogP contribution in [0, 0.1) is 0 Å². The summed E-state index contributed by atoms with van der Waals surface area (Å²) in [7, 11) is 0. The van der Waals surface area contributed by atoms with Crippen LogP contribution < -0.4 is 5.73 Å². The summed E-state index contributed by atoms with van der Waals surface area (Å²) in [5, 5.41) is 12.1. The van der Waals surface area contributed by atoms with E-state index >= 15 is 0 Å². The molecule has 0 aliphatic rings. The van der Waals surface area contributed by atoms with Crippen LogP contribution in [0.4, 0.5) is 0 Å². The first kappa shape index (κ1) is 12.8. The molecule has 1 aromatic carbocycles. The SMILES string of the molecule is N/C(=N/O)c1ccnc(Sc2nc3ccccc3s2)n1. The summed E-state index contributed by atoms with van der Waals surface area (Å²) in [5.41, 5.74) is 6.84. The smallest absolute Gasteiger partial charge is 0.195 e. The van der Waals surface area contributed by atoms with Gasteiger partial charge >= 0.3 is 0 Å². The maximum Gasteiger partial charge on any atom is 0.195 e. The first-order valence-corrected chi connectivity index (χ1v) is 7.24. The Hall–Kier alpha value is -2.19. The van der Waals surface area contributed by atoms with E-state index in [1.807, 2.05) is 24.3 Å². The number of nitrogens with zero attached hydrogens (tertiary/aromatic N) is 4. The molecule has 2 aromatic heterocycles. The van der Waals surface area contributed by atoms with E-state index in [4.69, 9.17) is 10.9 Å². The lowest BCUT2D eigenvalue weighted by Crippen LogP contribution is -2.15. The van der Waals surface area contributed by atoms with E-state index in [2.05, 4.69) is 20.1 Å². The van der Waals surface area contributed by atoms with Gasteiger partial charge < -0.3 is 10.9 Å². The first-order valence-electron chi connectivity index (χ1n) is 5.60. The van der Waals surface area contributed by atoms with Crippen molar-refractivity contribution in [2.45, 2.75) is 9.50 Å². The van der Waals surface area contributed by atoms with Crippen molar-refractivity contribution in [2.75, 3.05) is 0 Å². The normalized spacial score (nSPS) is 11.9. The largest absolute Gasteiger partial charge is 0.409 e. The van der Waals surface area contributed by atoms with Crippen LogP contribution in [-0.2, 0) is 0 Å². The van der Waals surface area contributed by atoms with Crippen LogP contribution in [-0.4, -0.2) is 26.0 Å². The van der Waals surface area contributed by atoms with Gasteiger partial charge in [-0.25, -0.2) is 15.0 Å². The molecule has 0 fully saturated rings. The van der Waals surface area contributed by atoms with Crippen LogP contribution in [0.3, 0.4) is 0 Å². The van der Waals surface area contributed by atoms with Crippen LogP contribution in [0.1, 0.15) is 5.69 Å². The fourth-order valence-electron chi connectivity index (χ4n) is 1.56. The summed E-state index contributed by atoms with van der Waals surface area (Å²) < 4.78 is 1.96. The Bertz CT molecular complexity index is 753. The maximum absolute atomic E-state index is 8.65. The van der Waals surface area contributed by atoms with Gasteiger partial charge in [0.05, 0.1) is 10.2 Å². The minimum absolute atomic E-state index is 0.0430. The number of fused-ring (bicyclic) bond motifs is 1. The minimum Gasteiger partial charge on any atom is -0.409 e.